The van der Waals surface area contributed by atoms with E-state index in [-0.39, 0.29) is 34.5 Å². The first-order valence-electron chi connectivity index (χ1n) is 5.27. The molecule has 1 rings (SSSR count). The molecule has 0 saturated heterocycles. The Balaban J connectivity index is -0.0000000582. The van der Waals surface area contributed by atoms with E-state index < -0.39 is 0 Å². The predicted molar refractivity (Wildman–Crippen MR) is 72.6 cm³/mol. The fourth-order valence-corrected chi connectivity index (χ4v) is 1.16. The Kier molecular flexibility index (Phi) is 41.8. The van der Waals surface area contributed by atoms with E-state index in [1.165, 1.54) is 16.7 Å². The maximum absolute atomic E-state index is 8.47. The van der Waals surface area contributed by atoms with E-state index in [0.717, 1.165) is 14.2 Å². The second kappa shape index (κ2) is 26.6. The third kappa shape index (κ3) is 19.4. The second-order valence-corrected chi connectivity index (χ2v) is 3.03. The van der Waals surface area contributed by atoms with Crippen LogP contribution in [0.5, 0.6) is 0 Å². The van der Waals surface area contributed by atoms with E-state index in [9.17, 15) is 0 Å². The van der Waals surface area contributed by atoms with Gasteiger partial charge < -0.3 is 31.3 Å². The van der Waals surface area contributed by atoms with E-state index in [4.69, 9.17) is 31.3 Å². The minimum absolute atomic E-state index is 0. The minimum atomic E-state index is 0. The summed E-state index contributed by atoms with van der Waals surface area (Å²) >= 11 is 0. The van der Waals surface area contributed by atoms with Crippen LogP contribution in [-0.4, -0.2) is 27.0 Å². The van der Waals surface area contributed by atoms with Gasteiger partial charge in [0.2, 0.25) is 0 Å². The van der Waals surface area contributed by atoms with Crippen LogP contribution in [0.2, 0.25) is 0 Å². The average molecular weight is 319 g/mol. The SMILES string of the molecule is CC1=[C-]C(C)C(C)=C1C.C[O-].C[O-].[NH-]C=O.[NH-]C=O.[Ti+2]. The van der Waals surface area contributed by atoms with Crippen LogP contribution in [-0.2, 0) is 31.3 Å². The van der Waals surface area contributed by atoms with Gasteiger partial charge in [-0.15, -0.1) is 6.92 Å². The van der Waals surface area contributed by atoms with Gasteiger partial charge in [-0.1, -0.05) is 26.7 Å². The first kappa shape index (κ1) is 31.4. The molecule has 1 aliphatic rings. The summed E-state index contributed by atoms with van der Waals surface area (Å²) in [5, 5.41) is 16.5. The van der Waals surface area contributed by atoms with Crippen molar-refractivity contribution in [1.29, 1.82) is 0 Å². The second-order valence-electron chi connectivity index (χ2n) is 3.03. The van der Waals surface area contributed by atoms with Crippen LogP contribution in [0.1, 0.15) is 27.7 Å². The van der Waals surface area contributed by atoms with E-state index in [2.05, 4.69) is 33.8 Å². The van der Waals surface area contributed by atoms with Gasteiger partial charge in [-0.25, -0.2) is 5.57 Å². The molecule has 0 aromatic heterocycles. The quantitative estimate of drug-likeness (QED) is 0.375. The van der Waals surface area contributed by atoms with E-state index in [1.54, 1.807) is 0 Å². The largest absolute Gasteiger partial charge is 2.00 e. The number of allylic oxidation sites excluding steroid dienone is 4. The Morgan fingerprint density at radius 3 is 1.30 bits per heavy atom. The Labute approximate surface area is 136 Å². The van der Waals surface area contributed by atoms with Gasteiger partial charge in [-0.2, -0.15) is 25.4 Å². The maximum atomic E-state index is 8.47. The van der Waals surface area contributed by atoms with Gasteiger partial charge in [0.1, 0.15) is 0 Å². The summed E-state index contributed by atoms with van der Waals surface area (Å²) in [5.41, 5.74) is 15.3. The molecule has 0 aromatic rings. The van der Waals surface area contributed by atoms with Crippen molar-refractivity contribution in [3.8, 4) is 0 Å². The number of hydrogen-bond donors (Lipinski definition) is 0. The third-order valence-electron chi connectivity index (χ3n) is 2.24. The smallest absolute Gasteiger partial charge is 0.857 e. The van der Waals surface area contributed by atoms with Crippen molar-refractivity contribution in [2.24, 2.45) is 5.92 Å². The molecular weight excluding hydrogens is 296 g/mol. The zero-order valence-electron chi connectivity index (χ0n) is 12.9. The molecule has 6 nitrogen and oxygen atoms in total. The monoisotopic (exact) mass is 319 g/mol. The fraction of sp³-hybridized carbons (Fsp3) is 0.538. The molecule has 1 atom stereocenters. The van der Waals surface area contributed by atoms with Gasteiger partial charge in [0.05, 0.1) is 0 Å². The van der Waals surface area contributed by atoms with Crippen molar-refractivity contribution >= 4 is 12.8 Å². The van der Waals surface area contributed by atoms with Crippen LogP contribution in [0.25, 0.3) is 11.5 Å². The summed E-state index contributed by atoms with van der Waals surface area (Å²) < 4.78 is 0. The molecule has 0 saturated carbocycles. The third-order valence-corrected chi connectivity index (χ3v) is 2.24. The van der Waals surface area contributed by atoms with Crippen molar-refractivity contribution in [3.05, 3.63) is 34.3 Å². The molecule has 7 heteroatoms. The molecule has 20 heavy (non-hydrogen) atoms. The summed E-state index contributed by atoms with van der Waals surface area (Å²) in [6, 6.07) is 0. The first-order valence-corrected chi connectivity index (χ1v) is 5.27. The molecule has 116 valence electrons. The van der Waals surface area contributed by atoms with E-state index in [0.29, 0.717) is 5.92 Å². The zero-order chi connectivity index (χ0) is 16.4. The molecule has 2 N–H and O–H groups in total. The van der Waals surface area contributed by atoms with Crippen molar-refractivity contribution < 1.29 is 41.5 Å². The van der Waals surface area contributed by atoms with Gasteiger partial charge in [0.15, 0.2) is 0 Å². The van der Waals surface area contributed by atoms with Crippen molar-refractivity contribution in [2.75, 3.05) is 14.2 Å². The minimum Gasteiger partial charge on any atom is -0.857 e. The zero-order valence-corrected chi connectivity index (χ0v) is 14.4. The Morgan fingerprint density at radius 1 is 1.00 bits per heavy atom. The molecule has 0 fully saturated rings. The van der Waals surface area contributed by atoms with Crippen LogP contribution in [0, 0.1) is 12.0 Å². The molecule has 1 unspecified atom stereocenters. The molecule has 0 heterocycles. The number of hydrogen-bond acceptors (Lipinski definition) is 4. The van der Waals surface area contributed by atoms with Gasteiger partial charge in [0.25, 0.3) is 0 Å². The van der Waals surface area contributed by atoms with Crippen LogP contribution in [0.3, 0.4) is 0 Å². The van der Waals surface area contributed by atoms with Gasteiger partial charge in [0, 0.05) is 12.8 Å². The summed E-state index contributed by atoms with van der Waals surface area (Å²) in [5.74, 6) is 0.560. The first-order chi connectivity index (χ1) is 8.95. The van der Waals surface area contributed by atoms with E-state index >= 15 is 0 Å². The molecule has 0 bridgehead atoms. The van der Waals surface area contributed by atoms with Crippen LogP contribution >= 0.6 is 0 Å². The molecule has 0 radical (unpaired) electrons. The Morgan fingerprint density at radius 2 is 1.25 bits per heavy atom. The van der Waals surface area contributed by atoms with Crippen LogP contribution < -0.4 is 10.2 Å². The number of nitrogens with one attached hydrogen (secondary N) is 2. The molecule has 0 spiro atoms. The van der Waals surface area contributed by atoms with Crippen LogP contribution in [0.4, 0.5) is 0 Å². The van der Waals surface area contributed by atoms with Crippen molar-refractivity contribution in [3.63, 3.8) is 0 Å². The number of rotatable bonds is 0. The summed E-state index contributed by atoms with van der Waals surface area (Å²) in [4.78, 5) is 16.9. The Hall–Kier alpha value is -0.946. The molecule has 2 amide bonds. The number of carbonyl (C=O) groups is 2. The molecule has 0 aromatic carbocycles. The van der Waals surface area contributed by atoms with E-state index in [1.807, 2.05) is 0 Å². The van der Waals surface area contributed by atoms with Gasteiger partial charge >= 0.3 is 21.7 Å². The molecule has 0 aliphatic heterocycles. The van der Waals surface area contributed by atoms with Gasteiger partial charge in [-0.3, -0.25) is 6.08 Å². The summed E-state index contributed by atoms with van der Waals surface area (Å²) in [7, 11) is 1.50. The topological polar surface area (TPSA) is 128 Å². The molecular formula is C13H23N2O4Ti-3. The fourth-order valence-electron chi connectivity index (χ4n) is 1.16. The Bertz CT molecular complexity index is 274. The normalized spacial score (nSPS) is 14.0. The van der Waals surface area contributed by atoms with Crippen LogP contribution in [0.15, 0.2) is 16.7 Å². The maximum Gasteiger partial charge on any atom is 2.00 e. The summed E-state index contributed by atoms with van der Waals surface area (Å²) in [6.07, 6.45) is 3.36. The number of carbonyl (C=O) groups excluding carboxylic acids is 2. The van der Waals surface area contributed by atoms with Gasteiger partial charge in [-0.05, 0) is 0 Å². The predicted octanol–water partition coefficient (Wildman–Crippen LogP) is 1.06. The van der Waals surface area contributed by atoms with Crippen molar-refractivity contribution in [2.45, 2.75) is 27.7 Å². The molecule has 1 aliphatic carbocycles. The number of amides is 2. The van der Waals surface area contributed by atoms with Crippen molar-refractivity contribution in [1.82, 2.24) is 0 Å². The summed E-state index contributed by atoms with van der Waals surface area (Å²) in [6.45, 7) is 8.67. The standard InChI is InChI=1S/C9H13.2CH3NO.2CH3O.Ti/c1-6-5-7(2)9(4)8(6)3;2*2-1-3;2*1-2;/h6H,1-4H3;2*1H,(H2,2,3);2*1H3;/q-1;;;2*-1;+2/p-2. The average Bonchev–Trinajstić information content (AvgIpc) is 2.63.